The van der Waals surface area contributed by atoms with E-state index in [0.717, 1.165) is 0 Å². The molecule has 0 unspecified atom stereocenters. The van der Waals surface area contributed by atoms with E-state index in [1.165, 1.54) is 0 Å². The van der Waals surface area contributed by atoms with Gasteiger partial charge in [0.25, 0.3) is 0 Å². The van der Waals surface area contributed by atoms with Gasteiger partial charge in [0.2, 0.25) is 5.76 Å². The Morgan fingerprint density at radius 1 is 1.44 bits per heavy atom. The van der Waals surface area contributed by atoms with Crippen molar-refractivity contribution in [3.05, 3.63) is 11.5 Å². The monoisotopic (exact) mass is 256 g/mol. The molecule has 0 fully saturated rings. The van der Waals surface area contributed by atoms with Crippen LogP contribution in [0.4, 0.5) is 0 Å². The SMILES string of the molecule is O=C1O[C@H]([C@@H](O)COS(=O)(=O)O)C(O)=C1O. The van der Waals surface area contributed by atoms with Crippen molar-refractivity contribution in [3.63, 3.8) is 0 Å². The van der Waals surface area contributed by atoms with Gasteiger partial charge in [-0.1, -0.05) is 0 Å². The number of rotatable bonds is 4. The van der Waals surface area contributed by atoms with Gasteiger partial charge in [-0.2, -0.15) is 8.42 Å². The molecule has 0 radical (unpaired) electrons. The third-order valence-electron chi connectivity index (χ3n) is 1.68. The van der Waals surface area contributed by atoms with Crippen molar-refractivity contribution in [2.75, 3.05) is 6.61 Å². The number of hydrogen-bond acceptors (Lipinski definition) is 8. The first kappa shape index (κ1) is 12.7. The normalized spacial score (nSPS) is 23.4. The summed E-state index contributed by atoms with van der Waals surface area (Å²) >= 11 is 0. The minimum atomic E-state index is -4.75. The summed E-state index contributed by atoms with van der Waals surface area (Å²) in [7, 11) is -4.75. The molecular formula is C6H8O9S. The van der Waals surface area contributed by atoms with Crippen LogP contribution in [0, 0.1) is 0 Å². The summed E-state index contributed by atoms with van der Waals surface area (Å²) in [5.41, 5.74) is 0. The largest absolute Gasteiger partial charge is 0.505 e. The average molecular weight is 256 g/mol. The van der Waals surface area contributed by atoms with Crippen LogP contribution in [0.25, 0.3) is 0 Å². The Morgan fingerprint density at radius 3 is 2.38 bits per heavy atom. The predicted octanol–water partition coefficient (Wildman–Crippen LogP) is -1.58. The molecule has 1 rings (SSSR count). The van der Waals surface area contributed by atoms with Crippen molar-refractivity contribution in [3.8, 4) is 0 Å². The molecule has 0 saturated carbocycles. The van der Waals surface area contributed by atoms with Gasteiger partial charge < -0.3 is 20.1 Å². The summed E-state index contributed by atoms with van der Waals surface area (Å²) in [5.74, 6) is -3.26. The van der Waals surface area contributed by atoms with Gasteiger partial charge >= 0.3 is 16.4 Å². The first-order chi connectivity index (χ1) is 7.22. The summed E-state index contributed by atoms with van der Waals surface area (Å²) in [4.78, 5) is 10.7. The van der Waals surface area contributed by atoms with Crippen LogP contribution >= 0.6 is 0 Å². The number of aliphatic hydroxyl groups excluding tert-OH is 3. The molecule has 16 heavy (non-hydrogen) atoms. The molecule has 0 saturated heterocycles. The summed E-state index contributed by atoms with van der Waals surface area (Å²) in [6.07, 6.45) is -3.38. The highest BCUT2D eigenvalue weighted by Gasteiger charge is 2.39. The van der Waals surface area contributed by atoms with Gasteiger partial charge in [0, 0.05) is 0 Å². The van der Waals surface area contributed by atoms with E-state index in [4.69, 9.17) is 14.8 Å². The zero-order valence-electron chi connectivity index (χ0n) is 7.60. The maximum absolute atomic E-state index is 10.7. The van der Waals surface area contributed by atoms with E-state index < -0.39 is 46.7 Å². The maximum atomic E-state index is 10.7. The molecule has 2 atom stereocenters. The van der Waals surface area contributed by atoms with E-state index in [9.17, 15) is 18.3 Å². The Morgan fingerprint density at radius 2 is 2.00 bits per heavy atom. The van der Waals surface area contributed by atoms with E-state index in [0.29, 0.717) is 0 Å². The van der Waals surface area contributed by atoms with Crippen LogP contribution in [-0.2, 0) is 24.1 Å². The molecule has 0 aromatic heterocycles. The van der Waals surface area contributed by atoms with Crippen LogP contribution in [-0.4, -0.2) is 53.1 Å². The first-order valence-electron chi connectivity index (χ1n) is 3.85. The van der Waals surface area contributed by atoms with Crippen molar-refractivity contribution in [1.82, 2.24) is 0 Å². The number of hydrogen-bond donors (Lipinski definition) is 4. The standard InChI is InChI=1S/C6H8O9S/c7-2(1-14-16(11,12)13)5-3(8)4(9)6(10)15-5/h2,5,7-9H,1H2,(H,11,12,13)/t2-,5+/m0/s1. The molecule has 1 aliphatic heterocycles. The zero-order chi connectivity index (χ0) is 12.5. The van der Waals surface area contributed by atoms with Gasteiger partial charge in [0.15, 0.2) is 11.9 Å². The first-order valence-corrected chi connectivity index (χ1v) is 5.22. The van der Waals surface area contributed by atoms with Crippen molar-refractivity contribution in [2.24, 2.45) is 0 Å². The summed E-state index contributed by atoms with van der Waals surface area (Å²) in [5, 5.41) is 27.2. The van der Waals surface area contributed by atoms with Crippen LogP contribution in [0.15, 0.2) is 11.5 Å². The van der Waals surface area contributed by atoms with Gasteiger partial charge in [0.1, 0.15) is 6.10 Å². The van der Waals surface area contributed by atoms with E-state index in [-0.39, 0.29) is 0 Å². The molecule has 0 spiro atoms. The Bertz CT molecular complexity index is 421. The molecule has 0 aromatic carbocycles. The van der Waals surface area contributed by atoms with E-state index in [1.807, 2.05) is 0 Å². The molecule has 4 N–H and O–H groups in total. The number of carbonyl (C=O) groups is 1. The fourth-order valence-electron chi connectivity index (χ4n) is 0.970. The van der Waals surface area contributed by atoms with Crippen LogP contribution in [0.5, 0.6) is 0 Å². The average Bonchev–Trinajstić information content (AvgIpc) is 2.41. The predicted molar refractivity (Wildman–Crippen MR) is 45.7 cm³/mol. The molecule has 9 nitrogen and oxygen atoms in total. The summed E-state index contributed by atoms with van der Waals surface area (Å²) in [6, 6.07) is 0. The van der Waals surface area contributed by atoms with E-state index in [1.54, 1.807) is 0 Å². The molecule has 0 bridgehead atoms. The van der Waals surface area contributed by atoms with Gasteiger partial charge in [-0.3, -0.25) is 4.55 Å². The molecule has 92 valence electrons. The third kappa shape index (κ3) is 2.82. The van der Waals surface area contributed by atoms with Crippen molar-refractivity contribution < 1.29 is 42.0 Å². The van der Waals surface area contributed by atoms with Crippen molar-refractivity contribution in [2.45, 2.75) is 12.2 Å². The van der Waals surface area contributed by atoms with Crippen LogP contribution in [0.3, 0.4) is 0 Å². The minimum Gasteiger partial charge on any atom is -0.505 e. The summed E-state index contributed by atoms with van der Waals surface area (Å²) in [6.45, 7) is -0.950. The van der Waals surface area contributed by atoms with Gasteiger partial charge in [-0.15, -0.1) is 0 Å². The topological polar surface area (TPSA) is 151 Å². The highest BCUT2D eigenvalue weighted by molar-refractivity contribution is 7.80. The second kappa shape index (κ2) is 4.25. The van der Waals surface area contributed by atoms with Gasteiger partial charge in [-0.05, 0) is 0 Å². The van der Waals surface area contributed by atoms with E-state index >= 15 is 0 Å². The van der Waals surface area contributed by atoms with Gasteiger partial charge in [0.05, 0.1) is 6.61 Å². The number of ether oxygens (including phenoxy) is 1. The Hall–Kier alpha value is -1.36. The second-order valence-corrected chi connectivity index (χ2v) is 3.93. The third-order valence-corrected chi connectivity index (χ3v) is 2.11. The van der Waals surface area contributed by atoms with Crippen LogP contribution in [0.1, 0.15) is 0 Å². The van der Waals surface area contributed by atoms with Crippen molar-refractivity contribution >= 4 is 16.4 Å². The Kier molecular flexibility index (Phi) is 3.38. The molecule has 10 heteroatoms. The second-order valence-electron chi connectivity index (χ2n) is 2.84. The lowest BCUT2D eigenvalue weighted by Gasteiger charge is -2.15. The van der Waals surface area contributed by atoms with Crippen molar-refractivity contribution in [1.29, 1.82) is 0 Å². The quantitative estimate of drug-likeness (QED) is 0.345. The molecular weight excluding hydrogens is 248 g/mol. The van der Waals surface area contributed by atoms with E-state index in [2.05, 4.69) is 8.92 Å². The minimum absolute atomic E-state index is 0.934. The number of cyclic esters (lactones) is 1. The molecule has 1 aliphatic rings. The molecule has 0 aromatic rings. The number of esters is 1. The van der Waals surface area contributed by atoms with Crippen LogP contribution in [0.2, 0.25) is 0 Å². The lowest BCUT2D eigenvalue weighted by atomic mass is 10.2. The Labute approximate surface area is 89.5 Å². The highest BCUT2D eigenvalue weighted by Crippen LogP contribution is 2.21. The number of aliphatic hydroxyl groups is 3. The Balaban J connectivity index is 2.64. The smallest absolute Gasteiger partial charge is 0.397 e. The van der Waals surface area contributed by atoms with Crippen LogP contribution < -0.4 is 0 Å². The van der Waals surface area contributed by atoms with Gasteiger partial charge in [-0.25, -0.2) is 8.98 Å². The molecule has 0 aliphatic carbocycles. The highest BCUT2D eigenvalue weighted by atomic mass is 32.3. The lowest BCUT2D eigenvalue weighted by Crippen LogP contribution is -2.33. The fraction of sp³-hybridized carbons (Fsp3) is 0.500. The molecule has 1 heterocycles. The fourth-order valence-corrected chi connectivity index (χ4v) is 1.28. The lowest BCUT2D eigenvalue weighted by molar-refractivity contribution is -0.147. The maximum Gasteiger partial charge on any atom is 0.397 e. The zero-order valence-corrected chi connectivity index (χ0v) is 8.42. The number of carbonyl (C=O) groups excluding carboxylic acids is 1. The molecule has 0 amide bonds. The summed E-state index contributed by atoms with van der Waals surface area (Å²) < 4.78 is 36.6.